The smallest absolute Gasteiger partial charge is 0.407 e. The molecule has 0 aromatic heterocycles. The Morgan fingerprint density at radius 2 is 1.32 bits per heavy atom. The Kier molecular flexibility index (Phi) is 6.91. The summed E-state index contributed by atoms with van der Waals surface area (Å²) in [6.45, 7) is -0.151. The normalized spacial score (nSPS) is 13.3. The molecule has 0 saturated heterocycles. The van der Waals surface area contributed by atoms with Gasteiger partial charge in [0, 0.05) is 12.5 Å². The first-order valence-corrected chi connectivity index (χ1v) is 13.0. The second-order valence-corrected chi connectivity index (χ2v) is 9.53. The Balaban J connectivity index is 0.989. The summed E-state index contributed by atoms with van der Waals surface area (Å²) < 4.78 is 11.1. The minimum absolute atomic E-state index is 0.0371. The lowest BCUT2D eigenvalue weighted by molar-refractivity contribution is -0.170. The molecular formula is C32H24N2O7. The zero-order valence-electron chi connectivity index (χ0n) is 21.7. The minimum atomic E-state index is -0.915. The molecule has 0 bridgehead atoms. The van der Waals surface area contributed by atoms with Crippen LogP contribution in [-0.2, 0) is 20.9 Å². The molecule has 0 radical (unpaired) electrons. The number of alkyl carbamates (subject to hydrolysis) is 1. The van der Waals surface area contributed by atoms with Gasteiger partial charge < -0.3 is 19.6 Å². The Hall–Kier alpha value is -5.44. The second kappa shape index (κ2) is 11.0. The molecule has 1 heterocycles. The van der Waals surface area contributed by atoms with Crippen LogP contribution in [0.4, 0.5) is 4.79 Å². The Morgan fingerprint density at radius 1 is 0.732 bits per heavy atom. The number of nitrogens with one attached hydrogen (secondary N) is 1. The van der Waals surface area contributed by atoms with Crippen molar-refractivity contribution in [3.05, 3.63) is 125 Å². The molecule has 0 fully saturated rings. The van der Waals surface area contributed by atoms with Gasteiger partial charge in [-0.05, 0) is 52.1 Å². The maximum absolute atomic E-state index is 12.5. The van der Waals surface area contributed by atoms with E-state index in [2.05, 4.69) is 29.6 Å². The van der Waals surface area contributed by atoms with Crippen LogP contribution in [0, 0.1) is 0 Å². The highest BCUT2D eigenvalue weighted by Crippen LogP contribution is 2.44. The third-order valence-corrected chi connectivity index (χ3v) is 6.99. The number of fused-ring (bicyclic) bond motifs is 4. The monoisotopic (exact) mass is 548 g/mol. The van der Waals surface area contributed by atoms with Crippen molar-refractivity contribution < 1.29 is 33.5 Å². The number of hydrogen-bond acceptors (Lipinski definition) is 7. The minimum Gasteiger partial charge on any atom is -0.482 e. The molecule has 4 aromatic rings. The number of rotatable bonds is 8. The molecule has 1 aliphatic heterocycles. The van der Waals surface area contributed by atoms with Gasteiger partial charge >= 0.3 is 12.1 Å². The molecule has 1 aliphatic carbocycles. The van der Waals surface area contributed by atoms with Crippen LogP contribution in [0.15, 0.2) is 97.1 Å². The van der Waals surface area contributed by atoms with Crippen molar-refractivity contribution in [2.75, 3.05) is 13.2 Å². The molecule has 9 nitrogen and oxygen atoms in total. The molecular weight excluding hydrogens is 524 g/mol. The first kappa shape index (κ1) is 25.8. The summed E-state index contributed by atoms with van der Waals surface area (Å²) in [4.78, 5) is 54.5. The first-order valence-electron chi connectivity index (χ1n) is 13.0. The average molecular weight is 549 g/mol. The average Bonchev–Trinajstić information content (AvgIpc) is 3.45. The number of imide groups is 1. The molecule has 6 rings (SSSR count). The van der Waals surface area contributed by atoms with E-state index in [1.807, 2.05) is 24.3 Å². The summed E-state index contributed by atoms with van der Waals surface area (Å²) in [6.07, 6.45) is -0.553. The summed E-state index contributed by atoms with van der Waals surface area (Å²) in [5.41, 5.74) is 5.62. The standard InChI is InChI=1S/C32H24N2O7/c35-29(41-34-30(36)26-14-5-6-15-27(26)31(34)37)19-39-21-9-7-8-20(16-21)17-33-32(38)40-18-28-24-12-3-1-10-22(24)23-11-2-4-13-25(23)28/h1-16,28H,17-19H2,(H,33,38). The Labute approximate surface area is 235 Å². The van der Waals surface area contributed by atoms with Crippen molar-refractivity contribution >= 4 is 23.9 Å². The van der Waals surface area contributed by atoms with E-state index in [0.717, 1.165) is 22.3 Å². The van der Waals surface area contributed by atoms with Crippen LogP contribution < -0.4 is 10.1 Å². The van der Waals surface area contributed by atoms with Gasteiger partial charge in [0.1, 0.15) is 12.4 Å². The third-order valence-electron chi connectivity index (χ3n) is 6.99. The molecule has 204 valence electrons. The number of hydrogen-bond donors (Lipinski definition) is 1. The quantitative estimate of drug-likeness (QED) is 0.313. The van der Waals surface area contributed by atoms with E-state index in [-0.39, 0.29) is 30.2 Å². The number of nitrogens with zero attached hydrogens (tertiary/aromatic N) is 1. The second-order valence-electron chi connectivity index (χ2n) is 9.53. The SMILES string of the molecule is O=C(COc1cccc(CNC(=O)OCC2c3ccccc3-c3ccccc32)c1)ON1C(=O)c2ccccc2C1=O. The highest BCUT2D eigenvalue weighted by molar-refractivity contribution is 6.20. The van der Waals surface area contributed by atoms with Gasteiger partial charge in [0.25, 0.3) is 11.8 Å². The highest BCUT2D eigenvalue weighted by Gasteiger charge is 2.38. The lowest BCUT2D eigenvalue weighted by atomic mass is 9.98. The van der Waals surface area contributed by atoms with Crippen molar-refractivity contribution in [1.29, 1.82) is 0 Å². The molecule has 3 amide bonds. The fourth-order valence-corrected chi connectivity index (χ4v) is 5.09. The molecule has 41 heavy (non-hydrogen) atoms. The van der Waals surface area contributed by atoms with Crippen molar-refractivity contribution in [3.63, 3.8) is 0 Å². The largest absolute Gasteiger partial charge is 0.482 e. The van der Waals surface area contributed by atoms with Crippen molar-refractivity contribution in [2.45, 2.75) is 12.5 Å². The van der Waals surface area contributed by atoms with Crippen LogP contribution in [0.1, 0.15) is 43.3 Å². The number of benzene rings is 4. The molecule has 2 aliphatic rings. The summed E-state index contributed by atoms with van der Waals surface area (Å²) in [6, 6.07) is 29.2. The fourth-order valence-electron chi connectivity index (χ4n) is 5.09. The topological polar surface area (TPSA) is 111 Å². The number of hydroxylamine groups is 2. The van der Waals surface area contributed by atoms with E-state index >= 15 is 0 Å². The molecule has 1 N–H and O–H groups in total. The zero-order chi connectivity index (χ0) is 28.3. The van der Waals surface area contributed by atoms with E-state index in [1.165, 1.54) is 12.1 Å². The van der Waals surface area contributed by atoms with Gasteiger partial charge in [0.05, 0.1) is 11.1 Å². The van der Waals surface area contributed by atoms with Crippen molar-refractivity contribution in [1.82, 2.24) is 10.4 Å². The van der Waals surface area contributed by atoms with Gasteiger partial charge in [-0.25, -0.2) is 9.59 Å². The van der Waals surface area contributed by atoms with E-state index < -0.39 is 30.5 Å². The predicted octanol–water partition coefficient (Wildman–Crippen LogP) is 4.86. The van der Waals surface area contributed by atoms with Gasteiger partial charge in [0.2, 0.25) is 0 Å². The first-order chi connectivity index (χ1) is 20.0. The van der Waals surface area contributed by atoms with Crippen molar-refractivity contribution in [3.8, 4) is 16.9 Å². The van der Waals surface area contributed by atoms with Gasteiger partial charge in [-0.15, -0.1) is 0 Å². The van der Waals surface area contributed by atoms with Gasteiger partial charge in [-0.2, -0.15) is 0 Å². The van der Waals surface area contributed by atoms with Gasteiger partial charge in [0.15, 0.2) is 6.61 Å². The van der Waals surface area contributed by atoms with Crippen LogP contribution in [0.2, 0.25) is 0 Å². The fraction of sp³-hybridized carbons (Fsp3) is 0.125. The number of carbonyl (C=O) groups excluding carboxylic acids is 4. The van der Waals surface area contributed by atoms with E-state index in [1.54, 1.807) is 36.4 Å². The van der Waals surface area contributed by atoms with Crippen LogP contribution >= 0.6 is 0 Å². The summed E-state index contributed by atoms with van der Waals surface area (Å²) >= 11 is 0. The third kappa shape index (κ3) is 5.12. The molecule has 0 unspecified atom stereocenters. The number of amides is 3. The maximum atomic E-state index is 12.5. The van der Waals surface area contributed by atoms with Crippen LogP contribution in [-0.4, -0.2) is 42.2 Å². The van der Waals surface area contributed by atoms with Gasteiger partial charge in [-0.1, -0.05) is 77.9 Å². The summed E-state index contributed by atoms with van der Waals surface area (Å²) in [5.74, 6) is -2.02. The van der Waals surface area contributed by atoms with Crippen LogP contribution in [0.5, 0.6) is 5.75 Å². The van der Waals surface area contributed by atoms with E-state index in [4.69, 9.17) is 14.3 Å². The van der Waals surface area contributed by atoms with Gasteiger partial charge in [-0.3, -0.25) is 9.59 Å². The summed E-state index contributed by atoms with van der Waals surface area (Å²) in [5, 5.41) is 3.18. The molecule has 0 spiro atoms. The van der Waals surface area contributed by atoms with Crippen LogP contribution in [0.3, 0.4) is 0 Å². The number of ether oxygens (including phenoxy) is 2. The highest BCUT2D eigenvalue weighted by atomic mass is 16.7. The lowest BCUT2D eigenvalue weighted by Crippen LogP contribution is -2.34. The lowest BCUT2D eigenvalue weighted by Gasteiger charge is -2.15. The Morgan fingerprint density at radius 3 is 1.95 bits per heavy atom. The molecule has 4 aromatic carbocycles. The molecule has 9 heteroatoms. The summed E-state index contributed by atoms with van der Waals surface area (Å²) in [7, 11) is 0. The molecule has 0 atom stereocenters. The predicted molar refractivity (Wildman–Crippen MR) is 147 cm³/mol. The van der Waals surface area contributed by atoms with E-state index in [0.29, 0.717) is 16.4 Å². The Bertz CT molecular complexity index is 1600. The molecule has 0 saturated carbocycles. The van der Waals surface area contributed by atoms with Crippen LogP contribution in [0.25, 0.3) is 11.1 Å². The van der Waals surface area contributed by atoms with E-state index in [9.17, 15) is 19.2 Å². The van der Waals surface area contributed by atoms with Crippen molar-refractivity contribution in [2.24, 2.45) is 0 Å². The zero-order valence-corrected chi connectivity index (χ0v) is 21.7. The number of carbonyl (C=O) groups is 4. The maximum Gasteiger partial charge on any atom is 0.407 e.